The van der Waals surface area contributed by atoms with Crippen molar-refractivity contribution in [3.63, 3.8) is 0 Å². The average molecular weight is 482 g/mol. The summed E-state index contributed by atoms with van der Waals surface area (Å²) in [7, 11) is -3.49. The van der Waals surface area contributed by atoms with Gasteiger partial charge in [-0.2, -0.15) is 4.31 Å². The molecular formula is C19H19IN2O3S. The molecule has 1 amide bonds. The van der Waals surface area contributed by atoms with E-state index in [9.17, 15) is 13.2 Å². The standard InChI is InChI=1S/C19H19IN2O3S/c20-18-9-5-4-8-17(18)19(23)21-11-13-22(14-12-21)26(24,25)15-10-16-6-2-1-3-7-16/h1-10,15H,11-14H2/b15-10+. The zero-order chi connectivity index (χ0) is 18.6. The molecule has 0 radical (unpaired) electrons. The summed E-state index contributed by atoms with van der Waals surface area (Å²) in [5, 5.41) is 1.24. The fourth-order valence-electron chi connectivity index (χ4n) is 2.77. The summed E-state index contributed by atoms with van der Waals surface area (Å²) in [4.78, 5) is 14.3. The monoisotopic (exact) mass is 482 g/mol. The number of halogens is 1. The van der Waals surface area contributed by atoms with Crippen LogP contribution >= 0.6 is 22.6 Å². The highest BCUT2D eigenvalue weighted by Gasteiger charge is 2.28. The first-order valence-corrected chi connectivity index (χ1v) is 10.8. The van der Waals surface area contributed by atoms with E-state index in [-0.39, 0.29) is 5.91 Å². The lowest BCUT2D eigenvalue weighted by atomic mass is 10.2. The molecule has 5 nitrogen and oxygen atoms in total. The minimum atomic E-state index is -3.49. The fourth-order valence-corrected chi connectivity index (χ4v) is 4.56. The Morgan fingerprint density at radius 2 is 1.54 bits per heavy atom. The van der Waals surface area contributed by atoms with Gasteiger partial charge in [-0.1, -0.05) is 42.5 Å². The second kappa shape index (κ2) is 8.32. The number of carbonyl (C=O) groups is 1. The molecule has 0 aromatic heterocycles. The van der Waals surface area contributed by atoms with Crippen LogP contribution in [0.5, 0.6) is 0 Å². The third-order valence-electron chi connectivity index (χ3n) is 4.22. The van der Waals surface area contributed by atoms with Crippen molar-refractivity contribution in [2.24, 2.45) is 0 Å². The van der Waals surface area contributed by atoms with Crippen LogP contribution in [0.1, 0.15) is 15.9 Å². The normalized spacial score (nSPS) is 16.1. The van der Waals surface area contributed by atoms with Crippen LogP contribution in [0.25, 0.3) is 6.08 Å². The number of hydrogen-bond donors (Lipinski definition) is 0. The van der Waals surface area contributed by atoms with Crippen molar-refractivity contribution in [1.82, 2.24) is 9.21 Å². The summed E-state index contributed by atoms with van der Waals surface area (Å²) in [6.45, 7) is 1.39. The Balaban J connectivity index is 1.63. The minimum Gasteiger partial charge on any atom is -0.336 e. The number of benzene rings is 2. The van der Waals surface area contributed by atoms with Crippen LogP contribution in [0.4, 0.5) is 0 Å². The predicted octanol–water partition coefficient (Wildman–Crippen LogP) is 3.05. The van der Waals surface area contributed by atoms with Crippen LogP contribution in [0.2, 0.25) is 0 Å². The van der Waals surface area contributed by atoms with E-state index in [1.165, 1.54) is 9.71 Å². The lowest BCUT2D eigenvalue weighted by Gasteiger charge is -2.33. The van der Waals surface area contributed by atoms with Crippen LogP contribution in [-0.2, 0) is 10.0 Å². The molecule has 0 N–H and O–H groups in total. The highest BCUT2D eigenvalue weighted by atomic mass is 127. The van der Waals surface area contributed by atoms with Gasteiger partial charge in [0.25, 0.3) is 5.91 Å². The van der Waals surface area contributed by atoms with Gasteiger partial charge in [0.15, 0.2) is 0 Å². The number of amides is 1. The third kappa shape index (κ3) is 4.52. The Kier molecular flexibility index (Phi) is 6.10. The summed E-state index contributed by atoms with van der Waals surface area (Å²) in [6.07, 6.45) is 1.60. The van der Waals surface area contributed by atoms with Gasteiger partial charge in [0.1, 0.15) is 0 Å². The van der Waals surface area contributed by atoms with Gasteiger partial charge in [-0.15, -0.1) is 0 Å². The minimum absolute atomic E-state index is 0.0492. The Labute approximate surface area is 167 Å². The topological polar surface area (TPSA) is 57.7 Å². The van der Waals surface area contributed by atoms with Gasteiger partial charge in [0, 0.05) is 35.2 Å². The van der Waals surface area contributed by atoms with Crippen molar-refractivity contribution >= 4 is 44.6 Å². The van der Waals surface area contributed by atoms with Crippen molar-refractivity contribution in [3.05, 3.63) is 74.7 Å². The quantitative estimate of drug-likeness (QED) is 0.630. The van der Waals surface area contributed by atoms with Crippen LogP contribution in [0.3, 0.4) is 0 Å². The van der Waals surface area contributed by atoms with Crippen molar-refractivity contribution in [3.8, 4) is 0 Å². The smallest absolute Gasteiger partial charge is 0.255 e. The van der Waals surface area contributed by atoms with Gasteiger partial charge in [0.05, 0.1) is 5.56 Å². The molecular weight excluding hydrogens is 463 g/mol. The van der Waals surface area contributed by atoms with Crippen molar-refractivity contribution in [1.29, 1.82) is 0 Å². The molecule has 136 valence electrons. The molecule has 0 atom stereocenters. The van der Waals surface area contributed by atoms with E-state index >= 15 is 0 Å². The highest BCUT2D eigenvalue weighted by Crippen LogP contribution is 2.17. The molecule has 2 aromatic carbocycles. The highest BCUT2D eigenvalue weighted by molar-refractivity contribution is 14.1. The van der Waals surface area contributed by atoms with Gasteiger partial charge < -0.3 is 4.90 Å². The summed E-state index contributed by atoms with van der Waals surface area (Å²) < 4.78 is 27.3. The van der Waals surface area contributed by atoms with Gasteiger partial charge in [-0.3, -0.25) is 4.79 Å². The van der Waals surface area contributed by atoms with Gasteiger partial charge >= 0.3 is 0 Å². The number of nitrogens with zero attached hydrogens (tertiary/aromatic N) is 2. The molecule has 3 rings (SSSR count). The van der Waals surface area contributed by atoms with Crippen molar-refractivity contribution in [2.45, 2.75) is 0 Å². The molecule has 1 saturated heterocycles. The van der Waals surface area contributed by atoms with E-state index in [0.29, 0.717) is 31.7 Å². The molecule has 2 aromatic rings. The van der Waals surface area contributed by atoms with Gasteiger partial charge in [0.2, 0.25) is 10.0 Å². The second-order valence-electron chi connectivity index (χ2n) is 5.93. The van der Waals surface area contributed by atoms with Crippen LogP contribution in [0, 0.1) is 3.57 Å². The maximum Gasteiger partial charge on any atom is 0.255 e. The summed E-state index contributed by atoms with van der Waals surface area (Å²) >= 11 is 2.14. The Morgan fingerprint density at radius 3 is 2.19 bits per heavy atom. The molecule has 0 aliphatic carbocycles. The summed E-state index contributed by atoms with van der Waals surface area (Å²) in [6, 6.07) is 16.7. The maximum atomic E-state index is 12.6. The van der Waals surface area contributed by atoms with E-state index < -0.39 is 10.0 Å². The Bertz CT molecular complexity index is 905. The lowest BCUT2D eigenvalue weighted by molar-refractivity contribution is 0.0697. The first-order valence-electron chi connectivity index (χ1n) is 8.24. The number of piperazine rings is 1. The SMILES string of the molecule is O=C(c1ccccc1I)N1CCN(S(=O)(=O)/C=C/c2ccccc2)CC1. The number of rotatable bonds is 4. The largest absolute Gasteiger partial charge is 0.336 e. The van der Waals surface area contributed by atoms with E-state index in [1.54, 1.807) is 17.0 Å². The molecule has 1 aliphatic rings. The lowest BCUT2D eigenvalue weighted by Crippen LogP contribution is -2.50. The van der Waals surface area contributed by atoms with Crippen molar-refractivity contribution in [2.75, 3.05) is 26.2 Å². The van der Waals surface area contributed by atoms with Crippen molar-refractivity contribution < 1.29 is 13.2 Å². The Morgan fingerprint density at radius 1 is 0.923 bits per heavy atom. The van der Waals surface area contributed by atoms with Crippen LogP contribution in [-0.4, -0.2) is 49.7 Å². The zero-order valence-electron chi connectivity index (χ0n) is 14.1. The van der Waals surface area contributed by atoms with E-state index in [2.05, 4.69) is 22.6 Å². The number of sulfonamides is 1. The third-order valence-corrected chi connectivity index (χ3v) is 6.73. The molecule has 26 heavy (non-hydrogen) atoms. The molecule has 0 bridgehead atoms. The number of hydrogen-bond acceptors (Lipinski definition) is 3. The van der Waals surface area contributed by atoms with Gasteiger partial charge in [-0.05, 0) is 46.4 Å². The van der Waals surface area contributed by atoms with Gasteiger partial charge in [-0.25, -0.2) is 8.42 Å². The molecule has 0 unspecified atom stereocenters. The van der Waals surface area contributed by atoms with E-state index in [0.717, 1.165) is 9.13 Å². The predicted molar refractivity (Wildman–Crippen MR) is 111 cm³/mol. The molecule has 0 saturated carbocycles. The molecule has 1 fully saturated rings. The first-order chi connectivity index (χ1) is 12.5. The van der Waals surface area contributed by atoms with Crippen LogP contribution < -0.4 is 0 Å². The second-order valence-corrected chi connectivity index (χ2v) is 8.91. The molecule has 7 heteroatoms. The summed E-state index contributed by atoms with van der Waals surface area (Å²) in [5.74, 6) is -0.0492. The molecule has 1 heterocycles. The zero-order valence-corrected chi connectivity index (χ0v) is 17.1. The van der Waals surface area contributed by atoms with Crippen LogP contribution in [0.15, 0.2) is 60.0 Å². The average Bonchev–Trinajstić information content (AvgIpc) is 2.67. The van der Waals surface area contributed by atoms with E-state index in [1.807, 2.05) is 48.5 Å². The molecule has 1 aliphatic heterocycles. The molecule has 0 spiro atoms. The summed E-state index contributed by atoms with van der Waals surface area (Å²) in [5.41, 5.74) is 1.50. The number of carbonyl (C=O) groups excluding carboxylic acids is 1. The van der Waals surface area contributed by atoms with E-state index in [4.69, 9.17) is 0 Å². The Hall–Kier alpha value is -1.71. The first kappa shape index (κ1) is 19.1. The fraction of sp³-hybridized carbons (Fsp3) is 0.211. The maximum absolute atomic E-state index is 12.6.